The summed E-state index contributed by atoms with van der Waals surface area (Å²) in [7, 11) is 0. The van der Waals surface area contributed by atoms with Gasteiger partial charge in [-0.1, -0.05) is 36.9 Å². The Balaban J connectivity index is 3.02. The number of nitriles is 1. The molecule has 2 aromatic rings. The van der Waals surface area contributed by atoms with Gasteiger partial charge in [0.05, 0.1) is 17.6 Å². The van der Waals surface area contributed by atoms with Crippen molar-refractivity contribution in [1.29, 1.82) is 5.26 Å². The number of benzene rings is 2. The van der Waals surface area contributed by atoms with Crippen molar-refractivity contribution in [3.05, 3.63) is 53.6 Å². The number of carboxylic acids is 1. The Labute approximate surface area is 98.2 Å². The third-order valence-corrected chi connectivity index (χ3v) is 2.62. The van der Waals surface area contributed by atoms with Crippen LogP contribution in [0.1, 0.15) is 21.5 Å². The molecule has 0 aliphatic rings. The van der Waals surface area contributed by atoms with Gasteiger partial charge in [0.2, 0.25) is 0 Å². The molecule has 0 saturated carbocycles. The number of hydrogen-bond donors (Lipinski definition) is 0. The smallest absolute Gasteiger partial charge is 0.0998 e. The molecule has 0 amide bonds. The van der Waals surface area contributed by atoms with Crippen molar-refractivity contribution in [2.45, 2.75) is 0 Å². The Hall–Kier alpha value is -2.60. The first kappa shape index (κ1) is 10.9. The summed E-state index contributed by atoms with van der Waals surface area (Å²) in [5.74, 6) is -1.30. The van der Waals surface area contributed by atoms with E-state index in [9.17, 15) is 9.90 Å². The van der Waals surface area contributed by atoms with E-state index in [0.29, 0.717) is 16.3 Å². The van der Waals surface area contributed by atoms with E-state index in [4.69, 9.17) is 5.26 Å². The average molecular weight is 222 g/mol. The van der Waals surface area contributed by atoms with E-state index < -0.39 is 5.97 Å². The fourth-order valence-corrected chi connectivity index (χ4v) is 1.89. The van der Waals surface area contributed by atoms with Gasteiger partial charge in [-0.05, 0) is 16.8 Å². The van der Waals surface area contributed by atoms with Gasteiger partial charge in [-0.2, -0.15) is 5.26 Å². The highest BCUT2D eigenvalue weighted by Gasteiger charge is 2.11. The Morgan fingerprint density at radius 1 is 1.41 bits per heavy atom. The van der Waals surface area contributed by atoms with Crippen LogP contribution in [-0.2, 0) is 0 Å². The Morgan fingerprint density at radius 2 is 2.12 bits per heavy atom. The van der Waals surface area contributed by atoms with Crippen LogP contribution in [0.2, 0.25) is 0 Å². The van der Waals surface area contributed by atoms with Crippen LogP contribution < -0.4 is 5.11 Å². The molecule has 0 atom stereocenters. The summed E-state index contributed by atoms with van der Waals surface area (Å²) in [6, 6.07) is 10.6. The van der Waals surface area contributed by atoms with Gasteiger partial charge in [-0.3, -0.25) is 0 Å². The van der Waals surface area contributed by atoms with Crippen LogP contribution in [0.4, 0.5) is 0 Å². The summed E-state index contributed by atoms with van der Waals surface area (Å²) in [5, 5.41) is 21.5. The lowest BCUT2D eigenvalue weighted by Gasteiger charge is -2.12. The fraction of sp³-hybridized carbons (Fsp3) is 0. The molecule has 0 bridgehead atoms. The second-order valence-electron chi connectivity index (χ2n) is 3.54. The van der Waals surface area contributed by atoms with E-state index in [1.807, 2.05) is 6.07 Å². The minimum atomic E-state index is -1.30. The van der Waals surface area contributed by atoms with Gasteiger partial charge in [0.25, 0.3) is 0 Å². The molecule has 3 nitrogen and oxygen atoms in total. The third-order valence-electron chi connectivity index (χ3n) is 2.62. The SMILES string of the molecule is C=Cc1c(C#N)cc2ccccc2c1C(=O)[O-]. The second-order valence-corrected chi connectivity index (χ2v) is 3.54. The number of aromatic carboxylic acids is 1. The molecule has 0 N–H and O–H groups in total. The Morgan fingerprint density at radius 3 is 2.71 bits per heavy atom. The molecule has 0 heterocycles. The van der Waals surface area contributed by atoms with Crippen LogP contribution in [0, 0.1) is 11.3 Å². The quantitative estimate of drug-likeness (QED) is 0.777. The van der Waals surface area contributed by atoms with Crippen LogP contribution >= 0.6 is 0 Å². The van der Waals surface area contributed by atoms with Crippen LogP contribution in [0.25, 0.3) is 16.8 Å². The van der Waals surface area contributed by atoms with E-state index in [2.05, 4.69) is 6.58 Å². The molecular formula is C14H8NO2-. The molecule has 0 saturated heterocycles. The summed E-state index contributed by atoms with van der Waals surface area (Å²) in [5.41, 5.74) is 0.624. The first-order valence-corrected chi connectivity index (χ1v) is 4.98. The second kappa shape index (κ2) is 4.11. The zero-order valence-corrected chi connectivity index (χ0v) is 8.93. The zero-order valence-electron chi connectivity index (χ0n) is 8.93. The van der Waals surface area contributed by atoms with Crippen molar-refractivity contribution >= 4 is 22.8 Å². The van der Waals surface area contributed by atoms with Crippen LogP contribution in [0.5, 0.6) is 0 Å². The van der Waals surface area contributed by atoms with Gasteiger partial charge < -0.3 is 9.90 Å². The van der Waals surface area contributed by atoms with E-state index in [-0.39, 0.29) is 11.1 Å². The number of hydrogen-bond acceptors (Lipinski definition) is 3. The van der Waals surface area contributed by atoms with Crippen molar-refractivity contribution < 1.29 is 9.90 Å². The summed E-state index contributed by atoms with van der Waals surface area (Å²) >= 11 is 0. The van der Waals surface area contributed by atoms with Crippen molar-refractivity contribution in [2.24, 2.45) is 0 Å². The van der Waals surface area contributed by atoms with Crippen molar-refractivity contribution in [3.8, 4) is 6.07 Å². The maximum Gasteiger partial charge on any atom is 0.0998 e. The highest BCUT2D eigenvalue weighted by molar-refractivity contribution is 6.07. The molecule has 0 fully saturated rings. The summed E-state index contributed by atoms with van der Waals surface area (Å²) < 4.78 is 0. The van der Waals surface area contributed by atoms with Gasteiger partial charge >= 0.3 is 0 Å². The summed E-state index contributed by atoms with van der Waals surface area (Å²) in [4.78, 5) is 11.2. The van der Waals surface area contributed by atoms with Crippen LogP contribution in [0.15, 0.2) is 36.9 Å². The lowest BCUT2D eigenvalue weighted by Crippen LogP contribution is -2.24. The van der Waals surface area contributed by atoms with E-state index in [1.165, 1.54) is 6.08 Å². The first-order chi connectivity index (χ1) is 8.19. The Kier molecular flexibility index (Phi) is 2.63. The van der Waals surface area contributed by atoms with Crippen LogP contribution in [0.3, 0.4) is 0 Å². The first-order valence-electron chi connectivity index (χ1n) is 4.98. The van der Waals surface area contributed by atoms with Crippen molar-refractivity contribution in [3.63, 3.8) is 0 Å². The van der Waals surface area contributed by atoms with Crippen LogP contribution in [-0.4, -0.2) is 5.97 Å². The number of carboxylic acid groups (broad SMARTS) is 1. The number of carbonyl (C=O) groups excluding carboxylic acids is 1. The molecule has 17 heavy (non-hydrogen) atoms. The maximum atomic E-state index is 11.2. The molecule has 2 aromatic carbocycles. The van der Waals surface area contributed by atoms with Gasteiger partial charge in [-0.15, -0.1) is 0 Å². The number of carbonyl (C=O) groups is 1. The third kappa shape index (κ3) is 1.66. The standard InChI is InChI=1S/C14H9NO2/c1-2-11-10(8-15)7-9-5-3-4-6-12(9)13(11)14(16)17/h2-7H,1H2,(H,16,17)/p-1. The maximum absolute atomic E-state index is 11.2. The zero-order chi connectivity index (χ0) is 12.4. The number of rotatable bonds is 2. The largest absolute Gasteiger partial charge is 0.545 e. The lowest BCUT2D eigenvalue weighted by molar-refractivity contribution is -0.254. The number of fused-ring (bicyclic) bond motifs is 1. The predicted molar refractivity (Wildman–Crippen MR) is 63.1 cm³/mol. The van der Waals surface area contributed by atoms with E-state index in [0.717, 1.165) is 0 Å². The fourth-order valence-electron chi connectivity index (χ4n) is 1.89. The highest BCUT2D eigenvalue weighted by atomic mass is 16.4. The molecule has 0 radical (unpaired) electrons. The van der Waals surface area contributed by atoms with Crippen molar-refractivity contribution in [1.82, 2.24) is 0 Å². The average Bonchev–Trinajstić information content (AvgIpc) is 2.35. The highest BCUT2D eigenvalue weighted by Crippen LogP contribution is 2.26. The van der Waals surface area contributed by atoms with Gasteiger partial charge in [0.1, 0.15) is 0 Å². The topological polar surface area (TPSA) is 63.9 Å². The van der Waals surface area contributed by atoms with Gasteiger partial charge in [0, 0.05) is 11.1 Å². The number of nitrogens with zero attached hydrogens (tertiary/aromatic N) is 1. The Bertz CT molecular complexity index is 666. The molecule has 0 unspecified atom stereocenters. The lowest BCUT2D eigenvalue weighted by atomic mass is 9.94. The van der Waals surface area contributed by atoms with E-state index in [1.54, 1.807) is 30.3 Å². The van der Waals surface area contributed by atoms with Gasteiger partial charge in [-0.25, -0.2) is 0 Å². The van der Waals surface area contributed by atoms with Gasteiger partial charge in [0.15, 0.2) is 0 Å². The molecule has 0 spiro atoms. The molecule has 0 aromatic heterocycles. The normalized spacial score (nSPS) is 9.82. The predicted octanol–water partition coefficient (Wildman–Crippen LogP) is 1.72. The molecule has 82 valence electrons. The molecule has 0 aliphatic heterocycles. The monoisotopic (exact) mass is 222 g/mol. The minimum Gasteiger partial charge on any atom is -0.545 e. The summed E-state index contributed by atoms with van der Waals surface area (Å²) in [6.07, 6.45) is 1.37. The summed E-state index contributed by atoms with van der Waals surface area (Å²) in [6.45, 7) is 3.55. The molecule has 3 heteroatoms. The molecule has 0 aliphatic carbocycles. The van der Waals surface area contributed by atoms with E-state index >= 15 is 0 Å². The minimum absolute atomic E-state index is 0.0228. The van der Waals surface area contributed by atoms with Crippen molar-refractivity contribution in [2.75, 3.05) is 0 Å². The molecular weight excluding hydrogens is 214 g/mol. The molecule has 2 rings (SSSR count).